The molecule has 0 saturated carbocycles. The lowest BCUT2D eigenvalue weighted by Crippen LogP contribution is -1.88. The Kier molecular flexibility index (Phi) is 2.27. The fourth-order valence-corrected chi connectivity index (χ4v) is 1.62. The van der Waals surface area contributed by atoms with Crippen LogP contribution in [0.2, 0.25) is 0 Å². The SMILES string of the molecule is CSC(C)c1cnc2ccoc2c1. The van der Waals surface area contributed by atoms with E-state index in [1.807, 2.05) is 24.0 Å². The van der Waals surface area contributed by atoms with Crippen LogP contribution in [0.1, 0.15) is 17.7 Å². The van der Waals surface area contributed by atoms with Crippen LogP contribution < -0.4 is 0 Å². The lowest BCUT2D eigenvalue weighted by molar-refractivity contribution is 0.615. The van der Waals surface area contributed by atoms with E-state index in [1.54, 1.807) is 6.26 Å². The fraction of sp³-hybridized carbons (Fsp3) is 0.300. The molecule has 1 unspecified atom stereocenters. The van der Waals surface area contributed by atoms with Gasteiger partial charge in [0.2, 0.25) is 0 Å². The first-order chi connectivity index (χ1) is 6.31. The smallest absolute Gasteiger partial charge is 0.152 e. The Balaban J connectivity index is 2.48. The van der Waals surface area contributed by atoms with E-state index in [2.05, 4.69) is 24.2 Å². The van der Waals surface area contributed by atoms with E-state index in [9.17, 15) is 0 Å². The summed E-state index contributed by atoms with van der Waals surface area (Å²) in [5, 5.41) is 0.474. The molecule has 2 nitrogen and oxygen atoms in total. The summed E-state index contributed by atoms with van der Waals surface area (Å²) in [7, 11) is 0. The Bertz CT molecular complexity index is 410. The van der Waals surface area contributed by atoms with Gasteiger partial charge in [0.05, 0.1) is 6.26 Å². The van der Waals surface area contributed by atoms with E-state index in [0.717, 1.165) is 11.1 Å². The summed E-state index contributed by atoms with van der Waals surface area (Å²) in [6, 6.07) is 3.94. The summed E-state index contributed by atoms with van der Waals surface area (Å²) in [6.45, 7) is 2.16. The van der Waals surface area contributed by atoms with Crippen LogP contribution in [0.25, 0.3) is 11.1 Å². The van der Waals surface area contributed by atoms with E-state index in [4.69, 9.17) is 4.42 Å². The lowest BCUT2D eigenvalue weighted by Gasteiger charge is -2.06. The molecule has 68 valence electrons. The van der Waals surface area contributed by atoms with Gasteiger partial charge in [-0.15, -0.1) is 0 Å². The van der Waals surface area contributed by atoms with Gasteiger partial charge in [-0.1, -0.05) is 0 Å². The maximum absolute atomic E-state index is 5.28. The minimum atomic E-state index is 0.474. The van der Waals surface area contributed by atoms with E-state index < -0.39 is 0 Å². The number of aromatic nitrogens is 1. The number of nitrogens with zero attached hydrogens (tertiary/aromatic N) is 1. The van der Waals surface area contributed by atoms with Crippen molar-refractivity contribution in [3.8, 4) is 0 Å². The van der Waals surface area contributed by atoms with Gasteiger partial charge in [0, 0.05) is 17.5 Å². The third-order valence-corrected chi connectivity index (χ3v) is 3.13. The van der Waals surface area contributed by atoms with Crippen molar-refractivity contribution in [3.05, 3.63) is 30.2 Å². The molecule has 0 saturated heterocycles. The minimum absolute atomic E-state index is 0.474. The largest absolute Gasteiger partial charge is 0.463 e. The molecule has 0 amide bonds. The van der Waals surface area contributed by atoms with Gasteiger partial charge < -0.3 is 4.42 Å². The zero-order chi connectivity index (χ0) is 9.26. The van der Waals surface area contributed by atoms with E-state index >= 15 is 0 Å². The first-order valence-corrected chi connectivity index (χ1v) is 5.46. The third kappa shape index (κ3) is 1.56. The molecule has 0 bridgehead atoms. The summed E-state index contributed by atoms with van der Waals surface area (Å²) in [4.78, 5) is 4.30. The zero-order valence-corrected chi connectivity index (χ0v) is 8.47. The summed E-state index contributed by atoms with van der Waals surface area (Å²) in [6.07, 6.45) is 5.68. The molecule has 2 aromatic rings. The van der Waals surface area contributed by atoms with Crippen LogP contribution in [0.4, 0.5) is 0 Å². The number of rotatable bonds is 2. The van der Waals surface area contributed by atoms with Crippen molar-refractivity contribution in [2.75, 3.05) is 6.26 Å². The van der Waals surface area contributed by atoms with Crippen LogP contribution in [0, 0.1) is 0 Å². The van der Waals surface area contributed by atoms with Crippen molar-refractivity contribution in [1.82, 2.24) is 4.98 Å². The highest BCUT2D eigenvalue weighted by Crippen LogP contribution is 2.27. The van der Waals surface area contributed by atoms with Crippen LogP contribution >= 0.6 is 11.8 Å². The fourth-order valence-electron chi connectivity index (χ4n) is 1.22. The molecule has 0 aliphatic rings. The van der Waals surface area contributed by atoms with Gasteiger partial charge in [0.1, 0.15) is 5.52 Å². The van der Waals surface area contributed by atoms with Crippen LogP contribution in [-0.4, -0.2) is 11.2 Å². The van der Waals surface area contributed by atoms with E-state index in [1.165, 1.54) is 5.56 Å². The number of thioether (sulfide) groups is 1. The molecule has 1 atom stereocenters. The lowest BCUT2D eigenvalue weighted by atomic mass is 10.2. The van der Waals surface area contributed by atoms with Crippen molar-refractivity contribution >= 4 is 22.9 Å². The molecule has 2 heterocycles. The predicted octanol–water partition coefficient (Wildman–Crippen LogP) is 3.25. The Labute approximate surface area is 81.3 Å². The molecule has 0 aromatic carbocycles. The highest BCUT2D eigenvalue weighted by Gasteiger charge is 2.06. The van der Waals surface area contributed by atoms with Crippen LogP contribution in [-0.2, 0) is 0 Å². The maximum Gasteiger partial charge on any atom is 0.152 e. The second kappa shape index (κ2) is 3.42. The van der Waals surface area contributed by atoms with Gasteiger partial charge in [-0.05, 0) is 24.8 Å². The number of hydrogen-bond donors (Lipinski definition) is 0. The van der Waals surface area contributed by atoms with E-state index in [-0.39, 0.29) is 0 Å². The number of fused-ring (bicyclic) bond motifs is 1. The zero-order valence-electron chi connectivity index (χ0n) is 7.65. The van der Waals surface area contributed by atoms with Gasteiger partial charge in [-0.3, -0.25) is 4.98 Å². The van der Waals surface area contributed by atoms with Gasteiger partial charge >= 0.3 is 0 Å². The minimum Gasteiger partial charge on any atom is -0.463 e. The highest BCUT2D eigenvalue weighted by atomic mass is 32.2. The second-order valence-corrected chi connectivity index (χ2v) is 4.13. The van der Waals surface area contributed by atoms with Gasteiger partial charge in [-0.25, -0.2) is 0 Å². The molecule has 2 aromatic heterocycles. The summed E-state index contributed by atoms with van der Waals surface area (Å²) >= 11 is 1.81. The Hall–Kier alpha value is -0.960. The molecular formula is C10H11NOS. The Morgan fingerprint density at radius 1 is 1.54 bits per heavy atom. The monoisotopic (exact) mass is 193 g/mol. The predicted molar refractivity (Wildman–Crippen MR) is 55.9 cm³/mol. The van der Waals surface area contributed by atoms with Crippen LogP contribution in [0.5, 0.6) is 0 Å². The average Bonchev–Trinajstić information content (AvgIpc) is 2.63. The third-order valence-electron chi connectivity index (χ3n) is 2.15. The molecule has 3 heteroatoms. The highest BCUT2D eigenvalue weighted by molar-refractivity contribution is 7.98. The average molecular weight is 193 g/mol. The Morgan fingerprint density at radius 3 is 3.15 bits per heavy atom. The van der Waals surface area contributed by atoms with E-state index in [0.29, 0.717) is 5.25 Å². The van der Waals surface area contributed by atoms with Gasteiger partial charge in [0.15, 0.2) is 5.58 Å². The summed E-state index contributed by atoms with van der Waals surface area (Å²) in [5.74, 6) is 0. The molecule has 13 heavy (non-hydrogen) atoms. The molecule has 0 N–H and O–H groups in total. The normalized spacial score (nSPS) is 13.4. The van der Waals surface area contributed by atoms with Gasteiger partial charge in [0.25, 0.3) is 0 Å². The molecule has 0 aliphatic carbocycles. The molecule has 0 fully saturated rings. The van der Waals surface area contributed by atoms with Crippen molar-refractivity contribution in [3.63, 3.8) is 0 Å². The summed E-state index contributed by atoms with van der Waals surface area (Å²) < 4.78 is 5.28. The van der Waals surface area contributed by atoms with Crippen molar-refractivity contribution < 1.29 is 4.42 Å². The molecular weight excluding hydrogens is 182 g/mol. The summed E-state index contributed by atoms with van der Waals surface area (Å²) in [5.41, 5.74) is 3.02. The van der Waals surface area contributed by atoms with Crippen LogP contribution in [0.15, 0.2) is 29.0 Å². The Morgan fingerprint density at radius 2 is 2.38 bits per heavy atom. The number of pyridine rings is 1. The van der Waals surface area contributed by atoms with Crippen molar-refractivity contribution in [1.29, 1.82) is 0 Å². The molecule has 0 aliphatic heterocycles. The number of hydrogen-bond acceptors (Lipinski definition) is 3. The first-order valence-electron chi connectivity index (χ1n) is 4.17. The quantitative estimate of drug-likeness (QED) is 0.732. The van der Waals surface area contributed by atoms with Crippen molar-refractivity contribution in [2.45, 2.75) is 12.2 Å². The topological polar surface area (TPSA) is 26.0 Å². The molecule has 0 radical (unpaired) electrons. The maximum atomic E-state index is 5.28. The molecule has 2 rings (SSSR count). The molecule has 0 spiro atoms. The second-order valence-electron chi connectivity index (χ2n) is 2.95. The first kappa shape index (κ1) is 8.63. The van der Waals surface area contributed by atoms with Crippen molar-refractivity contribution in [2.24, 2.45) is 0 Å². The van der Waals surface area contributed by atoms with Crippen LogP contribution in [0.3, 0.4) is 0 Å². The van der Waals surface area contributed by atoms with Gasteiger partial charge in [-0.2, -0.15) is 11.8 Å². The number of furan rings is 1. The standard InChI is InChI=1S/C10H11NOS/c1-7(13-2)8-5-10-9(11-6-8)3-4-12-10/h3-7H,1-2H3.